The summed E-state index contributed by atoms with van der Waals surface area (Å²) in [6.45, 7) is 12.1. The maximum atomic E-state index is 13.9. The van der Waals surface area contributed by atoms with E-state index in [1.54, 1.807) is 65.8 Å². The van der Waals surface area contributed by atoms with Crippen molar-refractivity contribution in [3.05, 3.63) is 65.5 Å². The molecule has 4 heterocycles. The lowest BCUT2D eigenvalue weighted by molar-refractivity contribution is -0.129. The zero-order valence-electron chi connectivity index (χ0n) is 21.8. The Bertz CT molecular complexity index is 1520. The van der Waals surface area contributed by atoms with Crippen LogP contribution in [0, 0.1) is 12.7 Å². The van der Waals surface area contributed by atoms with Gasteiger partial charge in [-0.25, -0.2) is 13.9 Å². The fourth-order valence-corrected chi connectivity index (χ4v) is 4.74. The number of aromatic nitrogens is 5. The number of amides is 2. The van der Waals surface area contributed by atoms with Gasteiger partial charge >= 0.3 is 0 Å². The molecule has 2 amide bonds. The third kappa shape index (κ3) is 4.16. The van der Waals surface area contributed by atoms with E-state index < -0.39 is 5.54 Å². The van der Waals surface area contributed by atoms with Gasteiger partial charge in [0.1, 0.15) is 17.1 Å². The molecule has 10 heteroatoms. The lowest BCUT2D eigenvalue weighted by Gasteiger charge is -2.45. The van der Waals surface area contributed by atoms with Crippen LogP contribution in [-0.2, 0) is 10.2 Å². The second kappa shape index (κ2) is 8.50. The molecule has 37 heavy (non-hydrogen) atoms. The monoisotopic (exact) mass is 503 g/mol. The summed E-state index contributed by atoms with van der Waals surface area (Å²) in [4.78, 5) is 34.9. The number of rotatable bonds is 3. The molecule has 0 atom stereocenters. The molecule has 192 valence electrons. The minimum atomic E-state index is -1.08. The highest BCUT2D eigenvalue weighted by molar-refractivity contribution is 6.05. The predicted molar refractivity (Wildman–Crippen MR) is 138 cm³/mol. The Morgan fingerprint density at radius 2 is 1.92 bits per heavy atom. The zero-order valence-corrected chi connectivity index (χ0v) is 21.8. The Kier molecular flexibility index (Phi) is 5.65. The molecule has 1 saturated heterocycles. The molecular formula is C27H30FN7O2. The third-order valence-electron chi connectivity index (χ3n) is 6.94. The van der Waals surface area contributed by atoms with Crippen LogP contribution < -0.4 is 4.90 Å². The molecule has 9 nitrogen and oxygen atoms in total. The van der Waals surface area contributed by atoms with Crippen molar-refractivity contribution in [2.45, 2.75) is 52.5 Å². The van der Waals surface area contributed by atoms with E-state index in [1.165, 1.54) is 6.07 Å². The molecule has 0 bridgehead atoms. The van der Waals surface area contributed by atoms with Gasteiger partial charge < -0.3 is 9.80 Å². The molecule has 0 saturated carbocycles. The van der Waals surface area contributed by atoms with Gasteiger partial charge in [0, 0.05) is 30.4 Å². The minimum absolute atomic E-state index is 0.195. The van der Waals surface area contributed by atoms with Gasteiger partial charge in [-0.1, -0.05) is 20.8 Å². The molecule has 0 aliphatic carbocycles. The van der Waals surface area contributed by atoms with E-state index in [1.807, 2.05) is 6.07 Å². The summed E-state index contributed by atoms with van der Waals surface area (Å²) in [5.74, 6) is -0.809. The standard InChI is InChI=1S/C27H30FN7O2/c1-16-11-17(7-8-20(16)28)21-12-19(26(2,3)4)23-31-22(15-35(23)32-21)24(36)34-10-9-33(18-13-29-30-14-18)25(37)27(34,5)6/h7-8,11-15H,9-10H2,1-6H3,(H,29,30). The Labute approximate surface area is 214 Å². The first kappa shape index (κ1) is 24.6. The number of carbonyl (C=O) groups excluding carboxylic acids is 2. The first-order valence-corrected chi connectivity index (χ1v) is 12.2. The van der Waals surface area contributed by atoms with Crippen molar-refractivity contribution in [1.82, 2.24) is 29.7 Å². The molecule has 1 fully saturated rings. The topological polar surface area (TPSA) is 99.5 Å². The van der Waals surface area contributed by atoms with E-state index in [2.05, 4.69) is 36.0 Å². The van der Waals surface area contributed by atoms with Crippen molar-refractivity contribution in [2.24, 2.45) is 0 Å². The maximum absolute atomic E-state index is 13.9. The summed E-state index contributed by atoms with van der Waals surface area (Å²) in [6, 6.07) is 6.82. The number of benzene rings is 1. The van der Waals surface area contributed by atoms with E-state index in [9.17, 15) is 14.0 Å². The summed E-state index contributed by atoms with van der Waals surface area (Å²) >= 11 is 0. The van der Waals surface area contributed by atoms with E-state index in [0.717, 1.165) is 11.1 Å². The number of nitrogens with zero attached hydrogens (tertiary/aromatic N) is 6. The maximum Gasteiger partial charge on any atom is 0.275 e. The Balaban J connectivity index is 1.55. The molecule has 0 unspecified atom stereocenters. The zero-order chi connectivity index (χ0) is 26.7. The number of carbonyl (C=O) groups is 2. The van der Waals surface area contributed by atoms with Crippen molar-refractivity contribution in [1.29, 1.82) is 0 Å². The van der Waals surface area contributed by atoms with Gasteiger partial charge in [0.05, 0.1) is 23.8 Å². The second-order valence-electron chi connectivity index (χ2n) is 11.0. The number of piperazine rings is 1. The minimum Gasteiger partial charge on any atom is -0.321 e. The average molecular weight is 504 g/mol. The summed E-state index contributed by atoms with van der Waals surface area (Å²) in [5, 5.41) is 11.4. The molecule has 3 aromatic heterocycles. The molecule has 1 aliphatic heterocycles. The third-order valence-corrected chi connectivity index (χ3v) is 6.94. The van der Waals surface area contributed by atoms with E-state index in [4.69, 9.17) is 5.10 Å². The first-order valence-electron chi connectivity index (χ1n) is 12.2. The number of imidazole rings is 1. The molecule has 1 N–H and O–H groups in total. The summed E-state index contributed by atoms with van der Waals surface area (Å²) in [7, 11) is 0. The van der Waals surface area contributed by atoms with Gasteiger partial charge in [0.2, 0.25) is 0 Å². The van der Waals surface area contributed by atoms with Gasteiger partial charge in [-0.3, -0.25) is 14.7 Å². The summed E-state index contributed by atoms with van der Waals surface area (Å²) in [6.07, 6.45) is 4.86. The van der Waals surface area contributed by atoms with Gasteiger partial charge in [-0.05, 0) is 56.0 Å². The van der Waals surface area contributed by atoms with Crippen molar-refractivity contribution < 1.29 is 14.0 Å². The van der Waals surface area contributed by atoms with Crippen LogP contribution in [0.2, 0.25) is 0 Å². The quantitative estimate of drug-likeness (QED) is 0.453. The average Bonchev–Trinajstić information content (AvgIpc) is 3.51. The number of hydrogen-bond donors (Lipinski definition) is 1. The molecule has 0 radical (unpaired) electrons. The number of anilines is 1. The lowest BCUT2D eigenvalue weighted by Crippen LogP contribution is -2.64. The number of fused-ring (bicyclic) bond motifs is 1. The van der Waals surface area contributed by atoms with E-state index in [0.29, 0.717) is 35.7 Å². The van der Waals surface area contributed by atoms with Crippen LogP contribution in [0.5, 0.6) is 0 Å². The molecular weight excluding hydrogens is 473 g/mol. The molecule has 5 rings (SSSR count). The van der Waals surface area contributed by atoms with Crippen molar-refractivity contribution >= 4 is 23.1 Å². The highest BCUT2D eigenvalue weighted by Gasteiger charge is 2.45. The SMILES string of the molecule is Cc1cc(-c2cc(C(C)(C)C)c3nc(C(=O)N4CCN(c5cn[nH]c5)C(=O)C4(C)C)cn3n2)ccc1F. The highest BCUT2D eigenvalue weighted by atomic mass is 19.1. The summed E-state index contributed by atoms with van der Waals surface area (Å²) < 4.78 is 15.5. The van der Waals surface area contributed by atoms with Crippen LogP contribution in [0.1, 0.15) is 56.2 Å². The number of hydrogen-bond acceptors (Lipinski definition) is 5. The second-order valence-corrected chi connectivity index (χ2v) is 11.0. The summed E-state index contributed by atoms with van der Waals surface area (Å²) in [5.41, 5.74) is 2.92. The Morgan fingerprint density at radius 3 is 2.57 bits per heavy atom. The van der Waals surface area contributed by atoms with Crippen molar-refractivity contribution in [3.8, 4) is 11.3 Å². The van der Waals surface area contributed by atoms with Crippen LogP contribution in [0.3, 0.4) is 0 Å². The van der Waals surface area contributed by atoms with Gasteiger partial charge in [0.25, 0.3) is 11.8 Å². The lowest BCUT2D eigenvalue weighted by atomic mass is 9.87. The van der Waals surface area contributed by atoms with Crippen LogP contribution >= 0.6 is 0 Å². The molecule has 4 aromatic rings. The number of aromatic amines is 1. The Hall–Kier alpha value is -4.08. The number of halogens is 1. The molecule has 1 aromatic carbocycles. The largest absolute Gasteiger partial charge is 0.321 e. The van der Waals surface area contributed by atoms with E-state index >= 15 is 0 Å². The highest BCUT2D eigenvalue weighted by Crippen LogP contribution is 2.32. The first-order chi connectivity index (χ1) is 17.4. The fourth-order valence-electron chi connectivity index (χ4n) is 4.74. The van der Waals surface area contributed by atoms with Crippen LogP contribution in [-0.4, -0.2) is 60.1 Å². The van der Waals surface area contributed by atoms with Crippen LogP contribution in [0.4, 0.5) is 10.1 Å². The number of H-pyrrole nitrogens is 1. The van der Waals surface area contributed by atoms with Crippen molar-refractivity contribution in [3.63, 3.8) is 0 Å². The van der Waals surface area contributed by atoms with Crippen molar-refractivity contribution in [2.75, 3.05) is 18.0 Å². The number of nitrogens with one attached hydrogen (secondary N) is 1. The number of aryl methyl sites for hydroxylation is 1. The van der Waals surface area contributed by atoms with Gasteiger partial charge in [-0.2, -0.15) is 10.2 Å². The Morgan fingerprint density at radius 1 is 1.16 bits per heavy atom. The van der Waals surface area contributed by atoms with E-state index in [-0.39, 0.29) is 28.7 Å². The molecule has 0 spiro atoms. The predicted octanol–water partition coefficient (Wildman–Crippen LogP) is 4.13. The molecule has 1 aliphatic rings. The van der Waals surface area contributed by atoms with Gasteiger partial charge in [-0.15, -0.1) is 0 Å². The van der Waals surface area contributed by atoms with Crippen LogP contribution in [0.15, 0.2) is 42.9 Å². The smallest absolute Gasteiger partial charge is 0.275 e. The van der Waals surface area contributed by atoms with Gasteiger partial charge in [0.15, 0.2) is 5.65 Å². The fraction of sp³-hybridized carbons (Fsp3) is 0.370. The van der Waals surface area contributed by atoms with Crippen LogP contribution in [0.25, 0.3) is 16.9 Å². The normalized spacial score (nSPS) is 16.0.